The van der Waals surface area contributed by atoms with E-state index in [-0.39, 0.29) is 6.42 Å². The summed E-state index contributed by atoms with van der Waals surface area (Å²) in [6.45, 7) is 2.61. The van der Waals surface area contributed by atoms with Crippen LogP contribution in [0.1, 0.15) is 29.8 Å². The van der Waals surface area contributed by atoms with Crippen molar-refractivity contribution < 1.29 is 18.3 Å². The third-order valence-corrected chi connectivity index (χ3v) is 3.14. The zero-order valence-electron chi connectivity index (χ0n) is 10.9. The number of halogens is 3. The molecule has 108 valence electrons. The number of aliphatic hydroxyl groups is 1. The summed E-state index contributed by atoms with van der Waals surface area (Å²) in [5.74, 6) is 0. The smallest absolute Gasteiger partial charge is 0.386 e. The zero-order valence-corrected chi connectivity index (χ0v) is 10.9. The lowest BCUT2D eigenvalue weighted by atomic mass is 10.0. The Morgan fingerprint density at radius 2 is 1.90 bits per heavy atom. The first-order chi connectivity index (χ1) is 9.41. The second-order valence-corrected chi connectivity index (χ2v) is 4.52. The van der Waals surface area contributed by atoms with Gasteiger partial charge in [0.2, 0.25) is 0 Å². The quantitative estimate of drug-likeness (QED) is 0.936. The van der Waals surface area contributed by atoms with E-state index in [1.165, 1.54) is 12.1 Å². The Morgan fingerprint density at radius 3 is 2.45 bits per heavy atom. The Balaban J connectivity index is 2.10. The molecule has 1 atom stereocenters. The lowest BCUT2D eigenvalue weighted by molar-refractivity contribution is -0.137. The number of aryl methyl sites for hydroxylation is 1. The van der Waals surface area contributed by atoms with Gasteiger partial charge in [0.1, 0.15) is 0 Å². The predicted molar refractivity (Wildman–Crippen MR) is 68.0 cm³/mol. The SMILES string of the molecule is CCn1cncc1C(O)Cc1ccc(C(F)(F)F)cc1. The van der Waals surface area contributed by atoms with Gasteiger partial charge in [-0.05, 0) is 24.6 Å². The highest BCUT2D eigenvalue weighted by atomic mass is 19.4. The van der Waals surface area contributed by atoms with Crippen LogP contribution in [-0.4, -0.2) is 14.7 Å². The van der Waals surface area contributed by atoms with Crippen LogP contribution in [0.25, 0.3) is 0 Å². The van der Waals surface area contributed by atoms with E-state index < -0.39 is 17.8 Å². The van der Waals surface area contributed by atoms with Crippen LogP contribution in [-0.2, 0) is 19.1 Å². The van der Waals surface area contributed by atoms with Crippen molar-refractivity contribution in [1.29, 1.82) is 0 Å². The second-order valence-electron chi connectivity index (χ2n) is 4.52. The summed E-state index contributed by atoms with van der Waals surface area (Å²) in [7, 11) is 0. The van der Waals surface area contributed by atoms with Gasteiger partial charge in [-0.15, -0.1) is 0 Å². The zero-order chi connectivity index (χ0) is 14.8. The first kappa shape index (κ1) is 14.6. The van der Waals surface area contributed by atoms with Gasteiger partial charge in [0.25, 0.3) is 0 Å². The first-order valence-electron chi connectivity index (χ1n) is 6.26. The third-order valence-electron chi connectivity index (χ3n) is 3.14. The molecule has 6 heteroatoms. The number of benzene rings is 1. The molecule has 0 radical (unpaired) electrons. The highest BCUT2D eigenvalue weighted by Gasteiger charge is 2.30. The van der Waals surface area contributed by atoms with Gasteiger partial charge in [0, 0.05) is 13.0 Å². The maximum absolute atomic E-state index is 12.4. The van der Waals surface area contributed by atoms with E-state index in [0.717, 1.165) is 12.1 Å². The molecule has 0 saturated heterocycles. The van der Waals surface area contributed by atoms with Crippen molar-refractivity contribution in [1.82, 2.24) is 9.55 Å². The largest absolute Gasteiger partial charge is 0.416 e. The molecule has 20 heavy (non-hydrogen) atoms. The van der Waals surface area contributed by atoms with Gasteiger partial charge >= 0.3 is 6.18 Å². The van der Waals surface area contributed by atoms with E-state index in [9.17, 15) is 18.3 Å². The summed E-state index contributed by atoms with van der Waals surface area (Å²) in [4.78, 5) is 3.96. The van der Waals surface area contributed by atoms with Crippen LogP contribution in [0.4, 0.5) is 13.2 Å². The Bertz CT molecular complexity index is 561. The maximum atomic E-state index is 12.4. The molecule has 1 aromatic carbocycles. The van der Waals surface area contributed by atoms with E-state index in [4.69, 9.17) is 0 Å². The molecule has 1 unspecified atom stereocenters. The van der Waals surface area contributed by atoms with Crippen molar-refractivity contribution in [3.63, 3.8) is 0 Å². The van der Waals surface area contributed by atoms with E-state index in [1.807, 2.05) is 6.92 Å². The van der Waals surface area contributed by atoms with Crippen LogP contribution >= 0.6 is 0 Å². The fourth-order valence-electron chi connectivity index (χ4n) is 2.03. The summed E-state index contributed by atoms with van der Waals surface area (Å²) < 4.78 is 39.1. The minimum atomic E-state index is -4.34. The molecule has 0 spiro atoms. The number of hydrogen-bond acceptors (Lipinski definition) is 2. The monoisotopic (exact) mass is 284 g/mol. The lowest BCUT2D eigenvalue weighted by Crippen LogP contribution is -2.09. The number of nitrogens with zero attached hydrogens (tertiary/aromatic N) is 2. The highest BCUT2D eigenvalue weighted by Crippen LogP contribution is 2.29. The Labute approximate surface area is 114 Å². The summed E-state index contributed by atoms with van der Waals surface area (Å²) in [6.07, 6.45) is -1.68. The molecule has 0 amide bonds. The van der Waals surface area contributed by atoms with Crippen LogP contribution in [0.3, 0.4) is 0 Å². The summed E-state index contributed by atoms with van der Waals surface area (Å²) in [6, 6.07) is 4.83. The highest BCUT2D eigenvalue weighted by molar-refractivity contribution is 5.25. The standard InChI is InChI=1S/C14H15F3N2O/c1-2-19-9-18-8-12(19)13(20)7-10-3-5-11(6-4-10)14(15,16)17/h3-6,8-9,13,20H,2,7H2,1H3. The number of rotatable bonds is 4. The molecule has 1 N–H and O–H groups in total. The molecule has 1 aromatic heterocycles. The van der Waals surface area contributed by atoms with Crippen molar-refractivity contribution in [2.45, 2.75) is 32.2 Å². The maximum Gasteiger partial charge on any atom is 0.416 e. The molecule has 0 aliphatic heterocycles. The van der Waals surface area contributed by atoms with Gasteiger partial charge in [-0.25, -0.2) is 4.98 Å². The predicted octanol–water partition coefficient (Wildman–Crippen LogP) is 3.20. The van der Waals surface area contributed by atoms with Crippen LogP contribution in [0.15, 0.2) is 36.8 Å². The molecular weight excluding hydrogens is 269 g/mol. The fraction of sp³-hybridized carbons (Fsp3) is 0.357. The number of aromatic nitrogens is 2. The number of hydrogen-bond donors (Lipinski definition) is 1. The lowest BCUT2D eigenvalue weighted by Gasteiger charge is -2.13. The molecule has 0 aliphatic carbocycles. The number of aliphatic hydroxyl groups excluding tert-OH is 1. The minimum Gasteiger partial charge on any atom is -0.386 e. The molecule has 0 bridgehead atoms. The second kappa shape index (κ2) is 5.66. The van der Waals surface area contributed by atoms with Gasteiger partial charge < -0.3 is 9.67 Å². The normalized spacial score (nSPS) is 13.4. The van der Waals surface area contributed by atoms with Crippen molar-refractivity contribution in [2.24, 2.45) is 0 Å². The summed E-state index contributed by atoms with van der Waals surface area (Å²) >= 11 is 0. The molecule has 2 aromatic rings. The van der Waals surface area contributed by atoms with Crippen LogP contribution in [0.5, 0.6) is 0 Å². The molecule has 1 heterocycles. The minimum absolute atomic E-state index is 0.254. The van der Waals surface area contributed by atoms with Gasteiger partial charge in [-0.2, -0.15) is 13.2 Å². The van der Waals surface area contributed by atoms with Crippen molar-refractivity contribution >= 4 is 0 Å². The average molecular weight is 284 g/mol. The van der Waals surface area contributed by atoms with E-state index in [2.05, 4.69) is 4.98 Å². The van der Waals surface area contributed by atoms with Gasteiger partial charge in [0.05, 0.1) is 29.9 Å². The van der Waals surface area contributed by atoms with Crippen molar-refractivity contribution in [3.05, 3.63) is 53.6 Å². The number of imidazole rings is 1. The van der Waals surface area contributed by atoms with Gasteiger partial charge in [0.15, 0.2) is 0 Å². The topological polar surface area (TPSA) is 38.0 Å². The fourth-order valence-corrected chi connectivity index (χ4v) is 2.03. The molecule has 0 saturated carbocycles. The van der Waals surface area contributed by atoms with E-state index in [1.54, 1.807) is 17.1 Å². The van der Waals surface area contributed by atoms with E-state index in [0.29, 0.717) is 17.8 Å². The Kier molecular flexibility index (Phi) is 4.13. The Hall–Kier alpha value is -1.82. The molecule has 3 nitrogen and oxygen atoms in total. The van der Waals surface area contributed by atoms with Crippen LogP contribution in [0.2, 0.25) is 0 Å². The van der Waals surface area contributed by atoms with Gasteiger partial charge in [-0.1, -0.05) is 12.1 Å². The van der Waals surface area contributed by atoms with Gasteiger partial charge in [-0.3, -0.25) is 0 Å². The first-order valence-corrected chi connectivity index (χ1v) is 6.26. The molecule has 2 rings (SSSR count). The summed E-state index contributed by atoms with van der Waals surface area (Å²) in [5, 5.41) is 10.1. The summed E-state index contributed by atoms with van der Waals surface area (Å²) in [5.41, 5.74) is 0.621. The Morgan fingerprint density at radius 1 is 1.25 bits per heavy atom. The van der Waals surface area contributed by atoms with Crippen molar-refractivity contribution in [3.8, 4) is 0 Å². The number of alkyl halides is 3. The van der Waals surface area contributed by atoms with Crippen molar-refractivity contribution in [2.75, 3.05) is 0 Å². The molecule has 0 fully saturated rings. The van der Waals surface area contributed by atoms with Crippen LogP contribution in [0, 0.1) is 0 Å². The van der Waals surface area contributed by atoms with E-state index >= 15 is 0 Å². The molecule has 0 aliphatic rings. The van der Waals surface area contributed by atoms with Crippen LogP contribution < -0.4 is 0 Å². The average Bonchev–Trinajstić information content (AvgIpc) is 2.86. The third kappa shape index (κ3) is 3.19. The molecular formula is C14H15F3N2O.